The average molecular weight is 256 g/mol. The van der Waals surface area contributed by atoms with Crippen LogP contribution in [0.4, 0.5) is 4.39 Å². The molecule has 0 amide bonds. The molecule has 0 spiro atoms. The van der Waals surface area contributed by atoms with Crippen LogP contribution in [0.15, 0.2) is 48.8 Å². The van der Waals surface area contributed by atoms with Crippen LogP contribution in [0.1, 0.15) is 23.5 Å². The Hall–Kier alpha value is -1.74. The number of halogens is 1. The second-order valence-corrected chi connectivity index (χ2v) is 5.13. The first-order chi connectivity index (χ1) is 9.31. The van der Waals surface area contributed by atoms with Gasteiger partial charge in [-0.1, -0.05) is 12.1 Å². The predicted octanol–water partition coefficient (Wildman–Crippen LogP) is 3.21. The highest BCUT2D eigenvalue weighted by molar-refractivity contribution is 5.22. The second kappa shape index (κ2) is 5.49. The van der Waals surface area contributed by atoms with E-state index in [4.69, 9.17) is 0 Å². The minimum absolute atomic E-state index is 0.157. The summed E-state index contributed by atoms with van der Waals surface area (Å²) in [7, 11) is 0. The molecule has 0 saturated carbocycles. The van der Waals surface area contributed by atoms with Crippen LogP contribution < -0.4 is 0 Å². The van der Waals surface area contributed by atoms with Gasteiger partial charge in [0.25, 0.3) is 0 Å². The van der Waals surface area contributed by atoms with Crippen molar-refractivity contribution in [2.24, 2.45) is 0 Å². The van der Waals surface area contributed by atoms with Crippen LogP contribution in [-0.4, -0.2) is 23.0 Å². The number of nitrogens with zero attached hydrogens (tertiary/aromatic N) is 2. The molecule has 3 rings (SSSR count). The van der Waals surface area contributed by atoms with E-state index >= 15 is 0 Å². The molecule has 19 heavy (non-hydrogen) atoms. The second-order valence-electron chi connectivity index (χ2n) is 5.13. The summed E-state index contributed by atoms with van der Waals surface area (Å²) in [5.74, 6) is 0.373. The maximum Gasteiger partial charge on any atom is 0.123 e. The maximum atomic E-state index is 12.9. The monoisotopic (exact) mass is 256 g/mol. The number of aromatic nitrogens is 1. The molecule has 1 unspecified atom stereocenters. The quantitative estimate of drug-likeness (QED) is 0.838. The Balaban J connectivity index is 1.62. The molecule has 1 atom stereocenters. The van der Waals surface area contributed by atoms with E-state index in [0.29, 0.717) is 5.92 Å². The number of rotatable bonds is 3. The van der Waals surface area contributed by atoms with Crippen LogP contribution in [0.3, 0.4) is 0 Å². The third kappa shape index (κ3) is 2.99. The summed E-state index contributed by atoms with van der Waals surface area (Å²) in [6.45, 7) is 3.12. The molecule has 1 aliphatic rings. The molecule has 1 aromatic carbocycles. The van der Waals surface area contributed by atoms with Crippen molar-refractivity contribution in [1.29, 1.82) is 0 Å². The lowest BCUT2D eigenvalue weighted by Gasteiger charge is -2.16. The first kappa shape index (κ1) is 12.3. The van der Waals surface area contributed by atoms with E-state index in [2.05, 4.69) is 22.0 Å². The molecule has 0 bridgehead atoms. The molecule has 0 radical (unpaired) electrons. The molecule has 1 saturated heterocycles. The fraction of sp³-hybridized carbons (Fsp3) is 0.312. The van der Waals surface area contributed by atoms with E-state index in [9.17, 15) is 4.39 Å². The smallest absolute Gasteiger partial charge is 0.123 e. The van der Waals surface area contributed by atoms with Crippen molar-refractivity contribution in [1.82, 2.24) is 9.88 Å². The molecule has 2 aromatic rings. The standard InChI is InChI=1S/C16H17FN2/c17-16-3-1-14(2-4-16)15-7-10-19(12-15)11-13-5-8-18-9-6-13/h1-6,8-9,15H,7,10-12H2. The van der Waals surface area contributed by atoms with Crippen LogP contribution in [0, 0.1) is 5.82 Å². The van der Waals surface area contributed by atoms with E-state index in [1.165, 1.54) is 11.1 Å². The number of likely N-dealkylation sites (tertiary alicyclic amines) is 1. The molecule has 1 aromatic heterocycles. The largest absolute Gasteiger partial charge is 0.298 e. The third-order valence-corrected chi connectivity index (χ3v) is 3.77. The Morgan fingerprint density at radius 2 is 1.84 bits per heavy atom. The lowest BCUT2D eigenvalue weighted by Crippen LogP contribution is -2.19. The van der Waals surface area contributed by atoms with E-state index in [1.807, 2.05) is 24.5 Å². The Bertz CT molecular complexity index is 524. The molecule has 2 heterocycles. The Morgan fingerprint density at radius 1 is 1.11 bits per heavy atom. The van der Waals surface area contributed by atoms with Gasteiger partial charge in [0.1, 0.15) is 5.82 Å². The van der Waals surface area contributed by atoms with E-state index in [0.717, 1.165) is 26.1 Å². The van der Waals surface area contributed by atoms with E-state index in [-0.39, 0.29) is 5.82 Å². The molecule has 98 valence electrons. The van der Waals surface area contributed by atoms with Crippen molar-refractivity contribution in [3.8, 4) is 0 Å². The Morgan fingerprint density at radius 3 is 2.58 bits per heavy atom. The summed E-state index contributed by atoms with van der Waals surface area (Å²) in [6, 6.07) is 11.1. The van der Waals surface area contributed by atoms with Gasteiger partial charge >= 0.3 is 0 Å². The molecule has 2 nitrogen and oxygen atoms in total. The SMILES string of the molecule is Fc1ccc(C2CCN(Cc3ccncc3)C2)cc1. The van der Waals surface area contributed by atoms with E-state index < -0.39 is 0 Å². The summed E-state index contributed by atoms with van der Waals surface area (Å²) in [5, 5.41) is 0. The van der Waals surface area contributed by atoms with Gasteiger partial charge in [0.05, 0.1) is 0 Å². The average Bonchev–Trinajstić information content (AvgIpc) is 2.89. The third-order valence-electron chi connectivity index (χ3n) is 3.77. The molecule has 1 fully saturated rings. The number of hydrogen-bond donors (Lipinski definition) is 0. The summed E-state index contributed by atoms with van der Waals surface area (Å²) in [5.41, 5.74) is 2.55. The number of benzene rings is 1. The van der Waals surface area contributed by atoms with Gasteiger partial charge < -0.3 is 0 Å². The summed E-state index contributed by atoms with van der Waals surface area (Å²) in [6.07, 6.45) is 4.82. The van der Waals surface area contributed by atoms with Crippen molar-refractivity contribution in [3.63, 3.8) is 0 Å². The highest BCUT2D eigenvalue weighted by atomic mass is 19.1. The van der Waals surface area contributed by atoms with Gasteiger partial charge in [-0.05, 0) is 54.3 Å². The molecular weight excluding hydrogens is 239 g/mol. The first-order valence-electron chi connectivity index (χ1n) is 6.68. The van der Waals surface area contributed by atoms with Crippen molar-refractivity contribution in [3.05, 3.63) is 65.7 Å². The van der Waals surface area contributed by atoms with Crippen molar-refractivity contribution in [2.45, 2.75) is 18.9 Å². The fourth-order valence-corrected chi connectivity index (χ4v) is 2.73. The Kier molecular flexibility index (Phi) is 3.56. The number of pyridine rings is 1. The minimum atomic E-state index is -0.157. The highest BCUT2D eigenvalue weighted by Crippen LogP contribution is 2.28. The molecular formula is C16H17FN2. The normalized spacial score (nSPS) is 19.7. The molecule has 1 aliphatic heterocycles. The van der Waals surface area contributed by atoms with Crippen LogP contribution in [0.5, 0.6) is 0 Å². The van der Waals surface area contributed by atoms with Gasteiger partial charge in [0.15, 0.2) is 0 Å². The summed E-state index contributed by atoms with van der Waals surface area (Å²) >= 11 is 0. The van der Waals surface area contributed by atoms with Crippen LogP contribution in [0.2, 0.25) is 0 Å². The zero-order valence-electron chi connectivity index (χ0n) is 10.8. The van der Waals surface area contributed by atoms with Crippen molar-refractivity contribution >= 4 is 0 Å². The fourth-order valence-electron chi connectivity index (χ4n) is 2.73. The lowest BCUT2D eigenvalue weighted by atomic mass is 9.99. The highest BCUT2D eigenvalue weighted by Gasteiger charge is 2.23. The molecule has 3 heteroatoms. The van der Waals surface area contributed by atoms with Crippen molar-refractivity contribution in [2.75, 3.05) is 13.1 Å². The molecule has 0 N–H and O–H groups in total. The lowest BCUT2D eigenvalue weighted by molar-refractivity contribution is 0.327. The zero-order valence-corrected chi connectivity index (χ0v) is 10.8. The van der Waals surface area contributed by atoms with Crippen LogP contribution in [0.25, 0.3) is 0 Å². The maximum absolute atomic E-state index is 12.9. The first-order valence-corrected chi connectivity index (χ1v) is 6.68. The summed E-state index contributed by atoms with van der Waals surface area (Å²) in [4.78, 5) is 6.48. The van der Waals surface area contributed by atoms with Gasteiger partial charge in [0, 0.05) is 25.5 Å². The van der Waals surface area contributed by atoms with Gasteiger partial charge in [0.2, 0.25) is 0 Å². The van der Waals surface area contributed by atoms with Gasteiger partial charge in [-0.2, -0.15) is 0 Å². The Labute approximate surface area is 112 Å². The van der Waals surface area contributed by atoms with Crippen molar-refractivity contribution < 1.29 is 4.39 Å². The molecule has 0 aliphatic carbocycles. The van der Waals surface area contributed by atoms with Gasteiger partial charge in [-0.25, -0.2) is 4.39 Å². The minimum Gasteiger partial charge on any atom is -0.298 e. The zero-order chi connectivity index (χ0) is 13.1. The van der Waals surface area contributed by atoms with Crippen LogP contribution in [-0.2, 0) is 6.54 Å². The van der Waals surface area contributed by atoms with Crippen LogP contribution >= 0.6 is 0 Å². The van der Waals surface area contributed by atoms with Gasteiger partial charge in [-0.15, -0.1) is 0 Å². The predicted molar refractivity (Wildman–Crippen MR) is 73.3 cm³/mol. The number of hydrogen-bond acceptors (Lipinski definition) is 2. The van der Waals surface area contributed by atoms with Gasteiger partial charge in [-0.3, -0.25) is 9.88 Å². The topological polar surface area (TPSA) is 16.1 Å². The van der Waals surface area contributed by atoms with E-state index in [1.54, 1.807) is 12.1 Å². The summed E-state index contributed by atoms with van der Waals surface area (Å²) < 4.78 is 12.9.